The van der Waals surface area contributed by atoms with Crippen LogP contribution in [0.3, 0.4) is 0 Å². The second-order valence-electron chi connectivity index (χ2n) is 13.3. The lowest BCUT2D eigenvalue weighted by Gasteiger charge is -2.47. The Morgan fingerprint density at radius 2 is 1.22 bits per heavy atom. The first-order valence-corrected chi connectivity index (χ1v) is 17.1. The van der Waals surface area contributed by atoms with E-state index in [0.29, 0.717) is 5.56 Å². The lowest BCUT2D eigenvalue weighted by molar-refractivity contribution is -0.363. The van der Waals surface area contributed by atoms with Crippen molar-refractivity contribution in [1.29, 1.82) is 0 Å². The van der Waals surface area contributed by atoms with Crippen molar-refractivity contribution >= 4 is 12.0 Å². The summed E-state index contributed by atoms with van der Waals surface area (Å²) >= 11 is 0. The molecule has 19 heteroatoms. The molecule has 0 aromatic heterocycles. The molecular formula is C35H46O19. The van der Waals surface area contributed by atoms with Gasteiger partial charge in [-0.2, -0.15) is 0 Å². The lowest BCUT2D eigenvalue weighted by atomic mass is 9.96. The van der Waals surface area contributed by atoms with Crippen LogP contribution < -0.4 is 0 Å². The van der Waals surface area contributed by atoms with Gasteiger partial charge >= 0.3 is 5.97 Å². The number of phenolic OH excluding ortho intramolecular Hbond substituents is 4. The number of benzene rings is 2. The Balaban J connectivity index is 1.43. The van der Waals surface area contributed by atoms with Gasteiger partial charge in [-0.1, -0.05) is 12.1 Å². The van der Waals surface area contributed by atoms with Gasteiger partial charge in [-0.3, -0.25) is 0 Å². The minimum absolute atomic E-state index is 0.134. The molecule has 3 aliphatic heterocycles. The van der Waals surface area contributed by atoms with E-state index in [1.807, 2.05) is 0 Å². The molecule has 5 rings (SSSR count). The van der Waals surface area contributed by atoms with Crippen molar-refractivity contribution in [3.05, 3.63) is 53.6 Å². The highest BCUT2D eigenvalue weighted by atomic mass is 16.8. The second kappa shape index (κ2) is 17.9. The predicted octanol–water partition coefficient (Wildman–Crippen LogP) is -2.16. The van der Waals surface area contributed by atoms with Gasteiger partial charge < -0.3 is 89.3 Å². The highest BCUT2D eigenvalue weighted by molar-refractivity contribution is 5.87. The Morgan fingerprint density at radius 1 is 0.648 bits per heavy atom. The Hall–Kier alpha value is -3.67. The Bertz CT molecular complexity index is 1590. The first kappa shape index (κ1) is 41.5. The van der Waals surface area contributed by atoms with Crippen LogP contribution in [0.2, 0.25) is 0 Å². The predicted molar refractivity (Wildman–Crippen MR) is 178 cm³/mol. The summed E-state index contributed by atoms with van der Waals surface area (Å²) in [7, 11) is 0. The fourth-order valence-electron chi connectivity index (χ4n) is 6.08. The monoisotopic (exact) mass is 770 g/mol. The van der Waals surface area contributed by atoms with E-state index in [1.54, 1.807) is 0 Å². The Labute approximate surface area is 308 Å². The standard InChI is InChI=1S/C35H46O19/c1-14-24(41)26(43)28(45)33(50-14)49-13-22-31(53-23(40)8-5-16-3-6-18(36)20(38)11-16)32(54-35-29(46)27(44)25(42)15(2)51-35)30(47)34(52-22)48-10-9-17-4-7-19(37)21(39)12-17/h3-8,11-12,14-15,22,24-39,41-47H,9-10,13H2,1-2H3/t14-,15-,22+,24-,25-,26+,27+,28+,29+,30+,31+,32+,33+,34+,35-/m0/s1. The van der Waals surface area contributed by atoms with Crippen molar-refractivity contribution in [2.24, 2.45) is 0 Å². The maximum atomic E-state index is 13.3. The summed E-state index contributed by atoms with van der Waals surface area (Å²) in [6.45, 7) is 2.06. The van der Waals surface area contributed by atoms with Crippen LogP contribution in [-0.2, 0) is 44.4 Å². The van der Waals surface area contributed by atoms with Crippen LogP contribution in [0.1, 0.15) is 25.0 Å². The van der Waals surface area contributed by atoms with E-state index < -0.39 is 116 Å². The van der Waals surface area contributed by atoms with Crippen molar-refractivity contribution in [3.8, 4) is 23.0 Å². The van der Waals surface area contributed by atoms with Gasteiger partial charge in [0.1, 0.15) is 54.9 Å². The summed E-state index contributed by atoms with van der Waals surface area (Å²) in [5.41, 5.74) is 0.811. The maximum Gasteiger partial charge on any atom is 0.331 e. The summed E-state index contributed by atoms with van der Waals surface area (Å²) < 4.78 is 40.4. The van der Waals surface area contributed by atoms with Gasteiger partial charge in [0.25, 0.3) is 0 Å². The van der Waals surface area contributed by atoms with E-state index in [2.05, 4.69) is 0 Å². The normalized spacial score (nSPS) is 37.3. The molecule has 11 N–H and O–H groups in total. The van der Waals surface area contributed by atoms with Crippen LogP contribution in [0.25, 0.3) is 6.08 Å². The van der Waals surface area contributed by atoms with Crippen LogP contribution in [0.15, 0.2) is 42.5 Å². The first-order chi connectivity index (χ1) is 25.5. The van der Waals surface area contributed by atoms with Gasteiger partial charge in [-0.15, -0.1) is 0 Å². The molecule has 2 aromatic rings. The van der Waals surface area contributed by atoms with Crippen molar-refractivity contribution in [3.63, 3.8) is 0 Å². The Kier molecular flexibility index (Phi) is 13.7. The fourth-order valence-corrected chi connectivity index (χ4v) is 6.08. The van der Waals surface area contributed by atoms with E-state index in [9.17, 15) is 61.0 Å². The molecule has 3 fully saturated rings. The number of hydrogen-bond acceptors (Lipinski definition) is 19. The smallest absolute Gasteiger partial charge is 0.331 e. The van der Waals surface area contributed by atoms with E-state index in [-0.39, 0.29) is 30.1 Å². The number of ether oxygens (including phenoxy) is 7. The van der Waals surface area contributed by atoms with E-state index in [1.165, 1.54) is 56.3 Å². The van der Waals surface area contributed by atoms with Gasteiger partial charge in [0.2, 0.25) is 0 Å². The molecule has 0 saturated carbocycles. The van der Waals surface area contributed by atoms with Crippen molar-refractivity contribution < 1.29 is 94.1 Å². The molecule has 3 heterocycles. The highest BCUT2D eigenvalue weighted by Crippen LogP contribution is 2.33. The van der Waals surface area contributed by atoms with E-state index in [0.717, 1.165) is 6.08 Å². The molecule has 0 unspecified atom stereocenters. The third kappa shape index (κ3) is 9.58. The zero-order chi connectivity index (χ0) is 39.4. The number of carbonyl (C=O) groups excluding carboxylic acids is 1. The molecular weight excluding hydrogens is 724 g/mol. The van der Waals surface area contributed by atoms with Crippen molar-refractivity contribution in [1.82, 2.24) is 0 Å². The number of hydrogen-bond donors (Lipinski definition) is 11. The topological polar surface area (TPSA) is 304 Å². The molecule has 0 spiro atoms. The molecule has 0 radical (unpaired) electrons. The van der Waals surface area contributed by atoms with Crippen molar-refractivity contribution in [2.75, 3.05) is 13.2 Å². The third-order valence-electron chi connectivity index (χ3n) is 9.32. The summed E-state index contributed by atoms with van der Waals surface area (Å²) in [4.78, 5) is 13.3. The van der Waals surface area contributed by atoms with Gasteiger partial charge in [0.05, 0.1) is 25.4 Å². The number of phenols is 4. The zero-order valence-electron chi connectivity index (χ0n) is 29.1. The SMILES string of the molecule is C[C@@H]1O[C@@H](OC[C@H]2O[C@@H](OCCc3ccc(O)c(O)c3)[C@H](O)[C@@H](O[C@@H]3O[C@@H](C)[C@H](O)[C@@H](O)[C@H]3O)[C@@H]2OC(=O)C=Cc2ccc(O)c(O)c2)[C@H](O)[C@H](O)[C@H]1O. The van der Waals surface area contributed by atoms with Gasteiger partial charge in [0.15, 0.2) is 48.0 Å². The molecule has 15 atom stereocenters. The summed E-state index contributed by atoms with van der Waals surface area (Å²) in [5.74, 6) is -2.62. The number of aromatic hydroxyl groups is 4. The van der Waals surface area contributed by atoms with Gasteiger partial charge in [0, 0.05) is 6.08 Å². The number of aliphatic hydroxyl groups is 7. The molecule has 3 aliphatic rings. The average molecular weight is 771 g/mol. The zero-order valence-corrected chi connectivity index (χ0v) is 29.1. The van der Waals surface area contributed by atoms with Crippen LogP contribution in [0, 0.1) is 0 Å². The van der Waals surface area contributed by atoms with Crippen LogP contribution in [0.4, 0.5) is 0 Å². The summed E-state index contributed by atoms with van der Waals surface area (Å²) in [5, 5.41) is 113. The first-order valence-electron chi connectivity index (χ1n) is 17.1. The van der Waals surface area contributed by atoms with Crippen molar-refractivity contribution in [2.45, 2.75) is 112 Å². The molecule has 0 aliphatic carbocycles. The minimum Gasteiger partial charge on any atom is -0.504 e. The fraction of sp³-hybridized carbons (Fsp3) is 0.571. The van der Waals surface area contributed by atoms with Crippen LogP contribution in [-0.4, -0.2) is 167 Å². The van der Waals surface area contributed by atoms with E-state index in [4.69, 9.17) is 33.2 Å². The minimum atomic E-state index is -1.86. The van der Waals surface area contributed by atoms with Crippen LogP contribution >= 0.6 is 0 Å². The highest BCUT2D eigenvalue weighted by Gasteiger charge is 2.53. The number of esters is 1. The largest absolute Gasteiger partial charge is 0.504 e. The van der Waals surface area contributed by atoms with Gasteiger partial charge in [-0.25, -0.2) is 4.79 Å². The second-order valence-corrected chi connectivity index (χ2v) is 13.3. The molecule has 3 saturated heterocycles. The molecule has 54 heavy (non-hydrogen) atoms. The number of aliphatic hydroxyl groups excluding tert-OH is 7. The summed E-state index contributed by atoms with van der Waals surface area (Å²) in [6.07, 6.45) is -21.1. The van der Waals surface area contributed by atoms with E-state index >= 15 is 0 Å². The quantitative estimate of drug-likeness (QED) is 0.0622. The summed E-state index contributed by atoms with van der Waals surface area (Å²) in [6, 6.07) is 7.83. The lowest BCUT2D eigenvalue weighted by Crippen LogP contribution is -2.65. The molecule has 0 bridgehead atoms. The van der Waals surface area contributed by atoms with Crippen LogP contribution in [0.5, 0.6) is 23.0 Å². The van der Waals surface area contributed by atoms with Gasteiger partial charge in [-0.05, 0) is 61.7 Å². The average Bonchev–Trinajstić information content (AvgIpc) is 3.14. The molecule has 300 valence electrons. The molecule has 0 amide bonds. The maximum absolute atomic E-state index is 13.3. The molecule has 2 aromatic carbocycles. The Morgan fingerprint density at radius 3 is 1.85 bits per heavy atom. The number of rotatable bonds is 12. The number of carbonyl (C=O) groups is 1. The molecule has 19 nitrogen and oxygen atoms in total. The third-order valence-corrected chi connectivity index (χ3v) is 9.32.